The normalized spacial score (nSPS) is 15.8. The van der Waals surface area contributed by atoms with Crippen molar-refractivity contribution in [2.75, 3.05) is 13.6 Å². The number of fused-ring (bicyclic) bond motifs is 3. The number of aromatic nitrogens is 1. The van der Waals surface area contributed by atoms with Crippen molar-refractivity contribution in [2.45, 2.75) is 19.4 Å². The highest BCUT2D eigenvalue weighted by Crippen LogP contribution is 2.36. The molecule has 0 amide bonds. The highest BCUT2D eigenvalue weighted by Gasteiger charge is 2.27. The Balaban J connectivity index is 0.00000182. The average molecular weight is 357 g/mol. The van der Waals surface area contributed by atoms with Crippen molar-refractivity contribution in [3.05, 3.63) is 65.4 Å². The zero-order chi connectivity index (χ0) is 16.5. The molecule has 0 saturated carbocycles. The molecule has 1 heterocycles. The minimum absolute atomic E-state index is 0. The second-order valence-corrected chi connectivity index (χ2v) is 6.77. The molecule has 1 aromatic heterocycles. The van der Waals surface area contributed by atoms with Gasteiger partial charge in [0.1, 0.15) is 12.4 Å². The van der Waals surface area contributed by atoms with E-state index in [1.807, 2.05) is 25.2 Å². The lowest BCUT2D eigenvalue weighted by Gasteiger charge is -2.10. The van der Waals surface area contributed by atoms with E-state index < -0.39 is 0 Å². The Bertz CT molecular complexity index is 857. The van der Waals surface area contributed by atoms with Crippen LogP contribution in [0.25, 0.3) is 10.9 Å². The molecule has 0 spiro atoms. The Morgan fingerprint density at radius 1 is 1.12 bits per heavy atom. The summed E-state index contributed by atoms with van der Waals surface area (Å²) in [6, 6.07) is 16.8. The minimum atomic E-state index is 0. The molecular formula is C21H25ClN2O. The van der Waals surface area contributed by atoms with Gasteiger partial charge in [0.15, 0.2) is 0 Å². The fraction of sp³-hybridized carbons (Fsp3) is 0.333. The maximum atomic E-state index is 6.02. The third-order valence-electron chi connectivity index (χ3n) is 5.12. The summed E-state index contributed by atoms with van der Waals surface area (Å²) in [7, 11) is 4.23. The van der Waals surface area contributed by atoms with Gasteiger partial charge >= 0.3 is 0 Å². The summed E-state index contributed by atoms with van der Waals surface area (Å²) < 4.78 is 8.38. The van der Waals surface area contributed by atoms with Gasteiger partial charge in [-0.05, 0) is 61.7 Å². The molecule has 0 bridgehead atoms. The molecule has 0 radical (unpaired) electrons. The van der Waals surface area contributed by atoms with E-state index >= 15 is 0 Å². The number of nitrogens with one attached hydrogen (secondary N) is 1. The van der Waals surface area contributed by atoms with Crippen molar-refractivity contribution in [3.8, 4) is 5.75 Å². The lowest BCUT2D eigenvalue weighted by atomic mass is 10.0. The Kier molecular flexibility index (Phi) is 5.36. The Labute approximate surface area is 155 Å². The number of benzene rings is 2. The fourth-order valence-electron chi connectivity index (χ4n) is 3.94. The van der Waals surface area contributed by atoms with Crippen molar-refractivity contribution in [2.24, 2.45) is 13.0 Å². The maximum absolute atomic E-state index is 6.02. The highest BCUT2D eigenvalue weighted by molar-refractivity contribution is 5.87. The van der Waals surface area contributed by atoms with Gasteiger partial charge in [0.25, 0.3) is 0 Å². The summed E-state index contributed by atoms with van der Waals surface area (Å²) in [4.78, 5) is 0. The SMILES string of the molecule is CNCC1Cc2c(n(C)c3ccc(OCc4ccccc4)cc23)C1.Cl. The Morgan fingerprint density at radius 3 is 2.68 bits per heavy atom. The van der Waals surface area contributed by atoms with E-state index in [-0.39, 0.29) is 12.4 Å². The number of halogens is 1. The van der Waals surface area contributed by atoms with E-state index in [0.29, 0.717) is 12.5 Å². The van der Waals surface area contributed by atoms with E-state index in [1.165, 1.54) is 34.1 Å². The van der Waals surface area contributed by atoms with Crippen LogP contribution in [0.3, 0.4) is 0 Å². The molecule has 4 heteroatoms. The van der Waals surface area contributed by atoms with Gasteiger partial charge in [-0.15, -0.1) is 12.4 Å². The zero-order valence-electron chi connectivity index (χ0n) is 14.8. The second kappa shape index (κ2) is 7.51. The first kappa shape index (κ1) is 17.8. The summed E-state index contributed by atoms with van der Waals surface area (Å²) >= 11 is 0. The van der Waals surface area contributed by atoms with Gasteiger partial charge in [-0.2, -0.15) is 0 Å². The second-order valence-electron chi connectivity index (χ2n) is 6.77. The van der Waals surface area contributed by atoms with Crippen LogP contribution in [0.2, 0.25) is 0 Å². The first-order valence-electron chi connectivity index (χ1n) is 8.67. The predicted molar refractivity (Wildman–Crippen MR) is 106 cm³/mol. The lowest BCUT2D eigenvalue weighted by molar-refractivity contribution is 0.306. The van der Waals surface area contributed by atoms with Crippen LogP contribution in [0, 0.1) is 5.92 Å². The van der Waals surface area contributed by atoms with Crippen LogP contribution in [-0.2, 0) is 26.5 Å². The third-order valence-corrected chi connectivity index (χ3v) is 5.12. The zero-order valence-corrected chi connectivity index (χ0v) is 15.6. The first-order chi connectivity index (χ1) is 11.8. The number of ether oxygens (including phenoxy) is 1. The van der Waals surface area contributed by atoms with Gasteiger partial charge < -0.3 is 14.6 Å². The van der Waals surface area contributed by atoms with Gasteiger partial charge in [-0.1, -0.05) is 30.3 Å². The van der Waals surface area contributed by atoms with Gasteiger partial charge in [0.05, 0.1) is 0 Å². The number of aryl methyl sites for hydroxylation is 1. The first-order valence-corrected chi connectivity index (χ1v) is 8.67. The van der Waals surface area contributed by atoms with Crippen LogP contribution in [0.1, 0.15) is 16.8 Å². The van der Waals surface area contributed by atoms with Crippen molar-refractivity contribution in [1.82, 2.24) is 9.88 Å². The molecule has 1 atom stereocenters. The van der Waals surface area contributed by atoms with Gasteiger partial charge in [0.2, 0.25) is 0 Å². The van der Waals surface area contributed by atoms with Crippen LogP contribution in [0.15, 0.2) is 48.5 Å². The molecule has 1 unspecified atom stereocenters. The van der Waals surface area contributed by atoms with E-state index in [2.05, 4.69) is 47.3 Å². The summed E-state index contributed by atoms with van der Waals surface area (Å²) in [5.74, 6) is 1.67. The summed E-state index contributed by atoms with van der Waals surface area (Å²) in [5, 5.41) is 4.68. The Hall–Kier alpha value is -1.97. The standard InChI is InChI=1S/C21H24N2O.ClH/c1-22-13-16-10-18-19-12-17(24-14-15-6-4-3-5-7-15)8-9-20(19)23(2)21(18)11-16;/h3-9,12,16,22H,10-11,13-14H2,1-2H3;1H. The number of rotatable bonds is 5. The summed E-state index contributed by atoms with van der Waals surface area (Å²) in [6.07, 6.45) is 2.33. The minimum Gasteiger partial charge on any atom is -0.489 e. The molecule has 25 heavy (non-hydrogen) atoms. The van der Waals surface area contributed by atoms with E-state index in [1.54, 1.807) is 0 Å². The van der Waals surface area contributed by atoms with Crippen LogP contribution < -0.4 is 10.1 Å². The number of hydrogen-bond acceptors (Lipinski definition) is 2. The lowest BCUT2D eigenvalue weighted by Crippen LogP contribution is -2.19. The average Bonchev–Trinajstić information content (AvgIpc) is 3.13. The largest absolute Gasteiger partial charge is 0.489 e. The van der Waals surface area contributed by atoms with Crippen molar-refractivity contribution in [1.29, 1.82) is 0 Å². The Morgan fingerprint density at radius 2 is 1.92 bits per heavy atom. The molecule has 0 fully saturated rings. The van der Waals surface area contributed by atoms with Gasteiger partial charge in [0, 0.05) is 23.6 Å². The van der Waals surface area contributed by atoms with Crippen molar-refractivity contribution in [3.63, 3.8) is 0 Å². The number of hydrogen-bond donors (Lipinski definition) is 1. The molecule has 3 aromatic rings. The quantitative estimate of drug-likeness (QED) is 0.744. The predicted octanol–water partition coefficient (Wildman–Crippen LogP) is 4.11. The van der Waals surface area contributed by atoms with Crippen LogP contribution in [0.5, 0.6) is 5.75 Å². The van der Waals surface area contributed by atoms with Gasteiger partial charge in [-0.25, -0.2) is 0 Å². The molecule has 3 nitrogen and oxygen atoms in total. The fourth-order valence-corrected chi connectivity index (χ4v) is 3.94. The van der Waals surface area contributed by atoms with Crippen LogP contribution >= 0.6 is 12.4 Å². The molecule has 4 rings (SSSR count). The van der Waals surface area contributed by atoms with Crippen molar-refractivity contribution < 1.29 is 4.74 Å². The van der Waals surface area contributed by atoms with E-state index in [0.717, 1.165) is 18.7 Å². The highest BCUT2D eigenvalue weighted by atomic mass is 35.5. The smallest absolute Gasteiger partial charge is 0.120 e. The molecule has 1 aliphatic rings. The van der Waals surface area contributed by atoms with E-state index in [4.69, 9.17) is 4.74 Å². The van der Waals surface area contributed by atoms with E-state index in [9.17, 15) is 0 Å². The maximum Gasteiger partial charge on any atom is 0.120 e. The summed E-state index contributed by atoms with van der Waals surface area (Å²) in [5.41, 5.74) is 5.52. The molecule has 1 aliphatic carbocycles. The summed E-state index contributed by atoms with van der Waals surface area (Å²) in [6.45, 7) is 1.70. The molecule has 1 N–H and O–H groups in total. The molecule has 0 aliphatic heterocycles. The molecule has 2 aromatic carbocycles. The molecular weight excluding hydrogens is 332 g/mol. The van der Waals surface area contributed by atoms with Crippen LogP contribution in [-0.4, -0.2) is 18.2 Å². The number of nitrogens with zero attached hydrogens (tertiary/aromatic N) is 1. The third kappa shape index (κ3) is 3.39. The monoisotopic (exact) mass is 356 g/mol. The topological polar surface area (TPSA) is 26.2 Å². The molecule has 132 valence electrons. The van der Waals surface area contributed by atoms with Gasteiger partial charge in [-0.3, -0.25) is 0 Å². The van der Waals surface area contributed by atoms with Crippen LogP contribution in [0.4, 0.5) is 0 Å². The van der Waals surface area contributed by atoms with Crippen molar-refractivity contribution >= 4 is 23.3 Å². The molecule has 0 saturated heterocycles.